The maximum Gasteiger partial charge on any atom is 1.00 e. The van der Waals surface area contributed by atoms with Gasteiger partial charge >= 0.3 is 55.4 Å². The van der Waals surface area contributed by atoms with E-state index in [9.17, 15) is 25.2 Å². The van der Waals surface area contributed by atoms with E-state index in [2.05, 4.69) is 0 Å². The minimum atomic E-state index is -10.7. The van der Waals surface area contributed by atoms with E-state index in [0.717, 1.165) is 0 Å². The smallest absolute Gasteiger partial charge is 1.00 e. The Morgan fingerprint density at radius 3 is 0.786 bits per heavy atom. The van der Waals surface area contributed by atoms with Gasteiger partial charge in [-0.15, -0.1) is 0 Å². The molecule has 0 aliphatic rings. The summed E-state index contributed by atoms with van der Waals surface area (Å²) in [6.45, 7) is 2.86. The second kappa shape index (κ2) is 6.26. The molecule has 0 bridgehead atoms. The van der Waals surface area contributed by atoms with Crippen molar-refractivity contribution in [2.24, 2.45) is 0 Å². The number of hydrogen-bond acceptors (Lipinski definition) is 2. The van der Waals surface area contributed by atoms with Gasteiger partial charge in [-0.25, -0.2) is 0 Å². The van der Waals surface area contributed by atoms with Crippen LogP contribution in [-0.4, -0.2) is 0 Å². The van der Waals surface area contributed by atoms with Crippen LogP contribution >= 0.6 is 7.81 Å². The maximum atomic E-state index is 9.87. The van der Waals surface area contributed by atoms with Crippen LogP contribution in [-0.2, 0) is 22.4 Å². The molecule has 0 atom stereocenters. The Morgan fingerprint density at radius 1 is 0.786 bits per heavy atom. The summed E-state index contributed by atoms with van der Waals surface area (Å²) in [6.07, 6.45) is 0. The Hall–Kier alpha value is -0.270. The summed E-state index contributed by atoms with van der Waals surface area (Å²) in [5.41, 5.74) is 0. The molecule has 14 heavy (non-hydrogen) atoms. The molecule has 0 fully saturated rings. The fourth-order valence-corrected chi connectivity index (χ4v) is 0. The van der Waals surface area contributed by atoms with E-state index >= 15 is 0 Å². The maximum absolute atomic E-state index is 10.7. The summed E-state index contributed by atoms with van der Waals surface area (Å²) in [7, 11) is -10.7. The molecular weight excluding hydrogens is 329 g/mol. The molecule has 0 aromatic heterocycles. The Labute approximate surface area is 92.2 Å². The number of nitriles is 2. The van der Waals surface area contributed by atoms with Crippen molar-refractivity contribution in [1.29, 1.82) is 10.5 Å². The SMILES string of the molecule is CC#N.CC#N.F[P-](F)(F)(F)(F)F.[Ag+]. The van der Waals surface area contributed by atoms with Crippen molar-refractivity contribution >= 4 is 7.81 Å². The summed E-state index contributed by atoms with van der Waals surface area (Å²) in [5, 5.41) is 14.6. The molecule has 90 valence electrons. The molecule has 2 nitrogen and oxygen atoms in total. The molecule has 0 aromatic carbocycles. The van der Waals surface area contributed by atoms with Gasteiger partial charge in [0.1, 0.15) is 0 Å². The number of nitrogens with zero attached hydrogens (tertiary/aromatic N) is 2. The van der Waals surface area contributed by atoms with Gasteiger partial charge in [-0.1, -0.05) is 0 Å². The quantitative estimate of drug-likeness (QED) is 0.373. The zero-order valence-electron chi connectivity index (χ0n) is 6.91. The van der Waals surface area contributed by atoms with Crippen molar-refractivity contribution in [3.05, 3.63) is 0 Å². The van der Waals surface area contributed by atoms with Crippen molar-refractivity contribution in [1.82, 2.24) is 0 Å². The third-order valence-corrected chi connectivity index (χ3v) is 0. The van der Waals surface area contributed by atoms with Crippen LogP contribution in [0.25, 0.3) is 0 Å². The Balaban J connectivity index is -0.0000000610. The second-order valence-corrected chi connectivity index (χ2v) is 3.32. The van der Waals surface area contributed by atoms with Crippen LogP contribution in [0.1, 0.15) is 13.8 Å². The van der Waals surface area contributed by atoms with Crippen LogP contribution in [0.3, 0.4) is 0 Å². The van der Waals surface area contributed by atoms with Gasteiger partial charge in [0.25, 0.3) is 0 Å². The van der Waals surface area contributed by atoms with Gasteiger partial charge in [0.15, 0.2) is 0 Å². The minimum Gasteiger partial charge on any atom is 1.00 e. The van der Waals surface area contributed by atoms with Crippen LogP contribution < -0.4 is 0 Å². The van der Waals surface area contributed by atoms with E-state index in [1.165, 1.54) is 13.8 Å². The third kappa shape index (κ3) is 18600. The van der Waals surface area contributed by atoms with Crippen LogP contribution in [0.5, 0.6) is 0 Å². The zero-order valence-corrected chi connectivity index (χ0v) is 9.29. The van der Waals surface area contributed by atoms with E-state index < -0.39 is 7.81 Å². The van der Waals surface area contributed by atoms with Crippen LogP contribution in [0, 0.1) is 22.7 Å². The van der Waals surface area contributed by atoms with Crippen molar-refractivity contribution in [3.8, 4) is 12.1 Å². The molecule has 0 heterocycles. The first-order valence-corrected chi connectivity index (χ1v) is 4.49. The molecule has 0 N–H and O–H groups in total. The van der Waals surface area contributed by atoms with Crippen molar-refractivity contribution in [2.45, 2.75) is 13.8 Å². The average Bonchev–Trinajstić information content (AvgIpc) is 1.57. The van der Waals surface area contributed by atoms with Crippen molar-refractivity contribution in [2.75, 3.05) is 0 Å². The molecule has 0 rings (SSSR count). The topological polar surface area (TPSA) is 47.6 Å². The van der Waals surface area contributed by atoms with Gasteiger partial charge in [0, 0.05) is 13.8 Å². The predicted molar refractivity (Wildman–Crippen MR) is 36.1 cm³/mol. The average molecular weight is 335 g/mol. The first kappa shape index (κ1) is 23.5. The number of hydrogen-bond donors (Lipinski definition) is 0. The molecule has 0 aliphatic heterocycles. The first-order valence-electron chi connectivity index (χ1n) is 2.46. The summed E-state index contributed by atoms with van der Waals surface area (Å²) < 4.78 is 59.2. The summed E-state index contributed by atoms with van der Waals surface area (Å²) in [6, 6.07) is 3.50. The monoisotopic (exact) mass is 334 g/mol. The summed E-state index contributed by atoms with van der Waals surface area (Å²) in [5.74, 6) is 0. The second-order valence-electron chi connectivity index (χ2n) is 1.41. The van der Waals surface area contributed by atoms with Gasteiger partial charge in [0.05, 0.1) is 12.1 Å². The van der Waals surface area contributed by atoms with Crippen molar-refractivity contribution in [3.63, 3.8) is 0 Å². The first-order chi connectivity index (χ1) is 5.28. The standard InChI is InChI=1S/2C2H3N.Ag.F6P/c2*1-2-3;;1-7(2,3,4,5)6/h2*1H3;;/q;;+1;-1. The van der Waals surface area contributed by atoms with Crippen LogP contribution in [0.2, 0.25) is 0 Å². The van der Waals surface area contributed by atoms with Crippen molar-refractivity contribution < 1.29 is 47.6 Å². The van der Waals surface area contributed by atoms with E-state index in [1.54, 1.807) is 12.1 Å². The van der Waals surface area contributed by atoms with Gasteiger partial charge in [-0.2, -0.15) is 10.5 Å². The van der Waals surface area contributed by atoms with Gasteiger partial charge in [0.2, 0.25) is 0 Å². The molecule has 0 aromatic rings. The fourth-order valence-electron chi connectivity index (χ4n) is 0. The zero-order chi connectivity index (χ0) is 11.8. The molecule has 0 aliphatic carbocycles. The molecule has 0 saturated carbocycles. The Kier molecular flexibility index (Phi) is 10.5. The third-order valence-electron chi connectivity index (χ3n) is 0. The fraction of sp³-hybridized carbons (Fsp3) is 0.500. The molecule has 10 heteroatoms. The normalized spacial score (nSPS) is 12.7. The van der Waals surface area contributed by atoms with Gasteiger partial charge < -0.3 is 0 Å². The number of halogens is 6. The molecule has 0 unspecified atom stereocenters. The summed E-state index contributed by atoms with van der Waals surface area (Å²) >= 11 is 0. The molecular formula is C4H6AgF6N2P. The van der Waals surface area contributed by atoms with Gasteiger partial charge in [-0.3, -0.25) is 0 Å². The Bertz CT molecular complexity index is 195. The van der Waals surface area contributed by atoms with Crippen LogP contribution in [0.15, 0.2) is 0 Å². The van der Waals surface area contributed by atoms with E-state index in [1.807, 2.05) is 0 Å². The van der Waals surface area contributed by atoms with E-state index in [4.69, 9.17) is 10.5 Å². The molecule has 0 spiro atoms. The molecule has 0 saturated heterocycles. The largest absolute Gasteiger partial charge is 1.00 e. The van der Waals surface area contributed by atoms with Gasteiger partial charge in [-0.05, 0) is 0 Å². The van der Waals surface area contributed by atoms with E-state index in [-0.39, 0.29) is 22.4 Å². The minimum absolute atomic E-state index is 0. The van der Waals surface area contributed by atoms with E-state index in [0.29, 0.717) is 0 Å². The Morgan fingerprint density at radius 2 is 0.786 bits per heavy atom. The number of rotatable bonds is 0. The molecule has 0 radical (unpaired) electrons. The molecule has 0 amide bonds. The summed E-state index contributed by atoms with van der Waals surface area (Å²) in [4.78, 5) is 0. The van der Waals surface area contributed by atoms with Crippen LogP contribution in [0.4, 0.5) is 25.2 Å². The predicted octanol–water partition coefficient (Wildman–Crippen LogP) is 4.44.